The van der Waals surface area contributed by atoms with Crippen LogP contribution in [0.1, 0.15) is 39.2 Å². The quantitative estimate of drug-likeness (QED) is 0.791. The average Bonchev–Trinajstić information content (AvgIpc) is 3.20. The summed E-state index contributed by atoms with van der Waals surface area (Å²) in [6.45, 7) is 4.00. The summed E-state index contributed by atoms with van der Waals surface area (Å²) >= 11 is 3.49. The molecule has 2 aromatic heterocycles. The van der Waals surface area contributed by atoms with Crippen LogP contribution in [0.5, 0.6) is 0 Å². The van der Waals surface area contributed by atoms with Gasteiger partial charge in [-0.3, -0.25) is 4.94 Å². The van der Waals surface area contributed by atoms with Crippen LogP contribution < -0.4 is 0 Å². The van der Waals surface area contributed by atoms with Crippen LogP contribution in [0, 0.1) is 5.92 Å². The summed E-state index contributed by atoms with van der Waals surface area (Å²) in [7, 11) is 1.90. The number of hydrogen-bond acceptors (Lipinski definition) is 3. The summed E-state index contributed by atoms with van der Waals surface area (Å²) in [6.07, 6.45) is 4.29. The monoisotopic (exact) mass is 358 g/mol. The highest BCUT2D eigenvalue weighted by molar-refractivity contribution is 9.10. The first-order chi connectivity index (χ1) is 9.63. The van der Waals surface area contributed by atoms with E-state index < -0.39 is 5.97 Å². The van der Waals surface area contributed by atoms with Gasteiger partial charge in [0.1, 0.15) is 5.65 Å². The van der Waals surface area contributed by atoms with Crippen LogP contribution in [0.2, 0.25) is 0 Å². The summed E-state index contributed by atoms with van der Waals surface area (Å²) < 4.78 is 14.7. The molecule has 0 radical (unpaired) electrons. The number of aryl methyl sites for hydroxylation is 1. The van der Waals surface area contributed by atoms with Gasteiger partial charge in [-0.15, -0.1) is 0 Å². The van der Waals surface area contributed by atoms with Gasteiger partial charge in [0.05, 0.1) is 5.92 Å². The molecule has 21 heavy (non-hydrogen) atoms. The number of fused-ring (bicyclic) bond motifs is 1. The van der Waals surface area contributed by atoms with Crippen molar-refractivity contribution in [2.24, 2.45) is 13.0 Å². The largest absolute Gasteiger partial charge is 0.352 e. The third kappa shape index (κ3) is 3.10. The summed E-state index contributed by atoms with van der Waals surface area (Å²) in [5.41, 5.74) is 1.86. The topological polar surface area (TPSA) is 44.1 Å². The van der Waals surface area contributed by atoms with Crippen molar-refractivity contribution in [1.29, 1.82) is 0 Å². The summed E-state index contributed by atoms with van der Waals surface area (Å²) in [5.74, 6) is -1.12. The second-order valence-corrected chi connectivity index (χ2v) is 5.39. The normalized spacial score (nSPS) is 19.3. The SMILES string of the molecule is C.CC.Cn1cc(C2CC2C(=O)OF)c2c(Br)ccnc21. The standard InChI is InChI=1S/C12H10BrFN2O2.C2H6.CH4/c1-16-5-8(6-4-7(6)12(17)18-14)10-9(13)2-3-15-11(10)16;1-2;/h2-3,5-7H,4H2,1H3;1-2H3;1H4. The van der Waals surface area contributed by atoms with Crippen molar-refractivity contribution in [2.75, 3.05) is 0 Å². The maximum Gasteiger partial charge on any atom is 0.352 e. The van der Waals surface area contributed by atoms with E-state index in [0.29, 0.717) is 6.42 Å². The lowest BCUT2D eigenvalue weighted by Crippen LogP contribution is -2.01. The molecule has 1 fully saturated rings. The molecular formula is C15H20BrFN2O2. The molecule has 1 aliphatic carbocycles. The molecule has 2 unspecified atom stereocenters. The molecule has 2 heterocycles. The predicted octanol–water partition coefficient (Wildman–Crippen LogP) is 4.53. The molecule has 2 aromatic rings. The number of rotatable bonds is 2. The lowest BCUT2D eigenvalue weighted by molar-refractivity contribution is -0.185. The van der Waals surface area contributed by atoms with Crippen LogP contribution >= 0.6 is 15.9 Å². The van der Waals surface area contributed by atoms with E-state index in [0.717, 1.165) is 21.1 Å². The Balaban J connectivity index is 0.000000706. The number of aromatic nitrogens is 2. The molecular weight excluding hydrogens is 339 g/mol. The van der Waals surface area contributed by atoms with Gasteiger partial charge in [0.2, 0.25) is 0 Å². The van der Waals surface area contributed by atoms with Gasteiger partial charge >= 0.3 is 5.97 Å². The first kappa shape index (κ1) is 17.6. The molecule has 116 valence electrons. The Labute approximate surface area is 132 Å². The van der Waals surface area contributed by atoms with E-state index in [4.69, 9.17) is 0 Å². The zero-order valence-corrected chi connectivity index (χ0v) is 13.1. The van der Waals surface area contributed by atoms with Gasteiger partial charge in [-0.2, -0.15) is 0 Å². The average molecular weight is 359 g/mol. The zero-order valence-electron chi connectivity index (χ0n) is 11.6. The van der Waals surface area contributed by atoms with Gasteiger partial charge in [-0.25, -0.2) is 9.78 Å². The minimum absolute atomic E-state index is 0. The van der Waals surface area contributed by atoms with Crippen LogP contribution in [0.15, 0.2) is 22.9 Å². The molecule has 3 rings (SSSR count). The van der Waals surface area contributed by atoms with Crippen molar-refractivity contribution < 1.29 is 14.3 Å². The highest BCUT2D eigenvalue weighted by Crippen LogP contribution is 2.51. The zero-order chi connectivity index (χ0) is 14.9. The molecule has 0 aromatic carbocycles. The fourth-order valence-corrected chi connectivity index (χ4v) is 2.96. The Hall–Kier alpha value is -1.43. The number of halogens is 2. The highest BCUT2D eigenvalue weighted by Gasteiger charge is 2.47. The molecule has 0 aliphatic heterocycles. The van der Waals surface area contributed by atoms with Crippen molar-refractivity contribution in [3.05, 3.63) is 28.5 Å². The molecule has 0 N–H and O–H groups in total. The van der Waals surface area contributed by atoms with Crippen LogP contribution in [-0.4, -0.2) is 15.5 Å². The highest BCUT2D eigenvalue weighted by atomic mass is 79.9. The van der Waals surface area contributed by atoms with E-state index in [1.165, 1.54) is 0 Å². The molecule has 6 heteroatoms. The summed E-state index contributed by atoms with van der Waals surface area (Å²) in [5, 5.41) is 0.985. The van der Waals surface area contributed by atoms with Crippen LogP contribution in [0.3, 0.4) is 0 Å². The Bertz CT molecular complexity index is 642. The van der Waals surface area contributed by atoms with Crippen LogP contribution in [0.4, 0.5) is 4.53 Å². The van der Waals surface area contributed by atoms with E-state index in [1.54, 1.807) is 6.20 Å². The van der Waals surface area contributed by atoms with Gasteiger partial charge < -0.3 is 4.57 Å². The van der Waals surface area contributed by atoms with Gasteiger partial charge in [0.25, 0.3) is 0 Å². The minimum atomic E-state index is -0.781. The Morgan fingerprint density at radius 2 is 2.19 bits per heavy atom. The number of hydrogen-bond donors (Lipinski definition) is 0. The molecule has 1 saturated carbocycles. The van der Waals surface area contributed by atoms with Crippen LogP contribution in [0.25, 0.3) is 11.0 Å². The number of carbonyl (C=O) groups excluding carboxylic acids is 1. The van der Waals surface area contributed by atoms with Crippen molar-refractivity contribution >= 4 is 32.9 Å². The Morgan fingerprint density at radius 1 is 1.52 bits per heavy atom. The van der Waals surface area contributed by atoms with Crippen molar-refractivity contribution in [3.63, 3.8) is 0 Å². The minimum Gasteiger partial charge on any atom is -0.335 e. The van der Waals surface area contributed by atoms with Gasteiger partial charge in [0, 0.05) is 39.7 Å². The predicted molar refractivity (Wildman–Crippen MR) is 84.5 cm³/mol. The lowest BCUT2D eigenvalue weighted by atomic mass is 10.1. The van der Waals surface area contributed by atoms with E-state index >= 15 is 0 Å². The number of pyridine rings is 1. The number of nitrogens with zero attached hydrogens (tertiary/aromatic N) is 2. The molecule has 4 nitrogen and oxygen atoms in total. The fraction of sp³-hybridized carbons (Fsp3) is 0.467. The van der Waals surface area contributed by atoms with Crippen molar-refractivity contribution in [3.8, 4) is 0 Å². The van der Waals surface area contributed by atoms with Crippen molar-refractivity contribution in [1.82, 2.24) is 9.55 Å². The van der Waals surface area contributed by atoms with Crippen molar-refractivity contribution in [2.45, 2.75) is 33.6 Å². The van der Waals surface area contributed by atoms with Gasteiger partial charge in [-0.1, -0.05) is 21.3 Å². The van der Waals surface area contributed by atoms with E-state index in [-0.39, 0.29) is 19.3 Å². The first-order valence-corrected chi connectivity index (χ1v) is 7.34. The maximum atomic E-state index is 11.9. The molecule has 1 aliphatic rings. The van der Waals surface area contributed by atoms with Gasteiger partial charge in [0.15, 0.2) is 0 Å². The van der Waals surface area contributed by atoms with Crippen LogP contribution in [-0.2, 0) is 16.8 Å². The lowest BCUT2D eigenvalue weighted by Gasteiger charge is -1.98. The second-order valence-electron chi connectivity index (χ2n) is 4.53. The molecule has 0 spiro atoms. The number of carbonyl (C=O) groups is 1. The Morgan fingerprint density at radius 3 is 2.81 bits per heavy atom. The smallest absolute Gasteiger partial charge is 0.335 e. The van der Waals surface area contributed by atoms with E-state index in [2.05, 4.69) is 25.9 Å². The van der Waals surface area contributed by atoms with E-state index in [1.807, 2.05) is 37.7 Å². The summed E-state index contributed by atoms with van der Waals surface area (Å²) in [6, 6.07) is 1.86. The third-order valence-electron chi connectivity index (χ3n) is 3.40. The molecule has 2 atom stereocenters. The summed E-state index contributed by atoms with van der Waals surface area (Å²) in [4.78, 5) is 18.8. The van der Waals surface area contributed by atoms with Gasteiger partial charge in [-0.05, 0) is 34.0 Å². The fourth-order valence-electron chi connectivity index (χ4n) is 2.43. The molecule has 0 bridgehead atoms. The Kier molecular flexibility index (Phi) is 5.89. The van der Waals surface area contributed by atoms with E-state index in [9.17, 15) is 9.32 Å². The second kappa shape index (κ2) is 7.02. The third-order valence-corrected chi connectivity index (χ3v) is 4.07. The molecule has 0 amide bonds. The molecule has 0 saturated heterocycles. The maximum absolute atomic E-state index is 11.9. The first-order valence-electron chi connectivity index (χ1n) is 6.55.